The largest absolute Gasteiger partial charge is 0.356 e. The van der Waals surface area contributed by atoms with Crippen molar-refractivity contribution >= 4 is 40.3 Å². The topological polar surface area (TPSA) is 74.1 Å². The van der Waals surface area contributed by atoms with Crippen LogP contribution in [0.4, 0.5) is 10.1 Å². The van der Waals surface area contributed by atoms with Crippen molar-refractivity contribution in [2.45, 2.75) is 44.4 Å². The third-order valence-electron chi connectivity index (χ3n) is 5.42. The smallest absolute Gasteiger partial charge is 0.270 e. The van der Waals surface area contributed by atoms with Gasteiger partial charge in [0.25, 0.3) is 5.91 Å². The second-order valence-electron chi connectivity index (χ2n) is 7.69. The van der Waals surface area contributed by atoms with Crippen LogP contribution in [-0.4, -0.2) is 40.3 Å². The van der Waals surface area contributed by atoms with Gasteiger partial charge in [-0.3, -0.25) is 14.5 Å². The Kier molecular flexibility index (Phi) is 6.99. The summed E-state index contributed by atoms with van der Waals surface area (Å²) in [5.41, 5.74) is 2.07. The van der Waals surface area contributed by atoms with E-state index in [1.165, 1.54) is 17.8 Å². The molecular weight excluding hydrogens is 427 g/mol. The van der Waals surface area contributed by atoms with Crippen molar-refractivity contribution in [3.63, 3.8) is 0 Å². The number of amides is 2. The van der Waals surface area contributed by atoms with Gasteiger partial charge in [-0.1, -0.05) is 55.4 Å². The lowest BCUT2D eigenvalue weighted by Gasteiger charge is -2.31. The third-order valence-corrected chi connectivity index (χ3v) is 6.42. The number of aliphatic imine (C=N–C) groups is 2. The van der Waals surface area contributed by atoms with E-state index in [9.17, 15) is 14.0 Å². The van der Waals surface area contributed by atoms with E-state index in [0.717, 1.165) is 24.1 Å². The summed E-state index contributed by atoms with van der Waals surface area (Å²) in [6, 6.07) is 13.5. The molecule has 6 nitrogen and oxygen atoms in total. The van der Waals surface area contributed by atoms with Gasteiger partial charge in [-0.15, -0.1) is 0 Å². The van der Waals surface area contributed by atoms with E-state index in [0.29, 0.717) is 35.3 Å². The van der Waals surface area contributed by atoms with Gasteiger partial charge < -0.3 is 5.32 Å². The van der Waals surface area contributed by atoms with E-state index in [4.69, 9.17) is 4.99 Å². The maximum atomic E-state index is 14.1. The van der Waals surface area contributed by atoms with Crippen LogP contribution in [0.25, 0.3) is 0 Å². The number of nitrogens with one attached hydrogen (secondary N) is 1. The molecule has 0 aromatic heterocycles. The van der Waals surface area contributed by atoms with Crippen molar-refractivity contribution in [1.29, 1.82) is 0 Å². The highest BCUT2D eigenvalue weighted by Gasteiger charge is 2.41. The van der Waals surface area contributed by atoms with Crippen LogP contribution < -0.4 is 5.32 Å². The minimum absolute atomic E-state index is 0.0744. The van der Waals surface area contributed by atoms with Crippen molar-refractivity contribution in [2.75, 3.05) is 6.54 Å². The van der Waals surface area contributed by atoms with Crippen molar-refractivity contribution in [3.8, 4) is 0 Å². The van der Waals surface area contributed by atoms with Crippen LogP contribution in [0.5, 0.6) is 0 Å². The average molecular weight is 453 g/mol. The first-order valence-corrected chi connectivity index (χ1v) is 11.8. The van der Waals surface area contributed by atoms with E-state index in [1.807, 2.05) is 29.2 Å². The number of hydrogen-bond acceptors (Lipinski definition) is 5. The van der Waals surface area contributed by atoms with Gasteiger partial charge in [0.15, 0.2) is 5.17 Å². The van der Waals surface area contributed by atoms with E-state index in [1.54, 1.807) is 18.2 Å². The number of nitrogens with zero attached hydrogens (tertiary/aromatic N) is 3. The fraction of sp³-hybridized carbons (Fsp3) is 0.333. The molecule has 0 saturated carbocycles. The number of thioether (sulfide) groups is 1. The maximum absolute atomic E-state index is 14.1. The molecule has 2 aromatic rings. The number of para-hydroxylation sites is 1. The zero-order valence-electron chi connectivity index (χ0n) is 17.9. The molecule has 0 spiro atoms. The molecule has 32 heavy (non-hydrogen) atoms. The van der Waals surface area contributed by atoms with Crippen LogP contribution in [-0.2, 0) is 15.3 Å². The Morgan fingerprint density at radius 2 is 1.94 bits per heavy atom. The fourth-order valence-corrected chi connectivity index (χ4v) is 4.73. The minimum atomic E-state index is -0.595. The summed E-state index contributed by atoms with van der Waals surface area (Å²) < 4.78 is 14.1. The first-order chi connectivity index (χ1) is 15.6. The molecule has 2 aliphatic heterocycles. The Balaban J connectivity index is 1.55. The molecular formula is C24H25FN4O2S. The number of carbonyl (C=O) groups is 2. The quantitative estimate of drug-likeness (QED) is 0.602. The number of amidine groups is 2. The Bertz CT molecular complexity index is 1090. The van der Waals surface area contributed by atoms with Gasteiger partial charge in [0, 0.05) is 24.3 Å². The number of hydrogen-bond donors (Lipinski definition) is 1. The SMILES string of the molecule is CCCCNC(=O)CCC1C(=O)N=C2c3ccccc3N=C(SCc3ccccc3F)N21. The maximum Gasteiger partial charge on any atom is 0.270 e. The van der Waals surface area contributed by atoms with Gasteiger partial charge in [-0.25, -0.2) is 9.38 Å². The summed E-state index contributed by atoms with van der Waals surface area (Å²) in [6.45, 7) is 2.70. The lowest BCUT2D eigenvalue weighted by molar-refractivity contribution is -0.122. The monoisotopic (exact) mass is 452 g/mol. The molecule has 2 aromatic carbocycles. The number of unbranched alkanes of at least 4 members (excludes halogenated alkanes) is 1. The summed E-state index contributed by atoms with van der Waals surface area (Å²) in [4.78, 5) is 35.9. The van der Waals surface area contributed by atoms with Crippen LogP contribution in [0.1, 0.15) is 43.7 Å². The number of benzene rings is 2. The second-order valence-corrected chi connectivity index (χ2v) is 8.64. The second kappa shape index (κ2) is 10.1. The Morgan fingerprint density at radius 3 is 2.75 bits per heavy atom. The summed E-state index contributed by atoms with van der Waals surface area (Å²) in [6.07, 6.45) is 2.50. The molecule has 0 fully saturated rings. The molecule has 1 atom stereocenters. The molecule has 166 valence electrons. The van der Waals surface area contributed by atoms with Gasteiger partial charge in [0.2, 0.25) is 5.91 Å². The zero-order chi connectivity index (χ0) is 22.5. The third kappa shape index (κ3) is 4.75. The molecule has 8 heteroatoms. The molecule has 0 aliphatic carbocycles. The summed E-state index contributed by atoms with van der Waals surface area (Å²) in [7, 11) is 0. The predicted octanol–water partition coefficient (Wildman–Crippen LogP) is 4.41. The van der Waals surface area contributed by atoms with E-state index < -0.39 is 6.04 Å². The van der Waals surface area contributed by atoms with Crippen molar-refractivity contribution in [1.82, 2.24) is 10.2 Å². The highest BCUT2D eigenvalue weighted by atomic mass is 32.2. The van der Waals surface area contributed by atoms with Gasteiger partial charge >= 0.3 is 0 Å². The molecule has 0 radical (unpaired) electrons. The minimum Gasteiger partial charge on any atom is -0.356 e. The Hall–Kier alpha value is -3.00. The average Bonchev–Trinajstić information content (AvgIpc) is 3.13. The van der Waals surface area contributed by atoms with Gasteiger partial charge in [0.1, 0.15) is 17.7 Å². The van der Waals surface area contributed by atoms with Gasteiger partial charge in [0.05, 0.1) is 5.69 Å². The molecule has 1 N–H and O–H groups in total. The Morgan fingerprint density at radius 1 is 1.16 bits per heavy atom. The first kappa shape index (κ1) is 22.2. The summed E-state index contributed by atoms with van der Waals surface area (Å²) in [5, 5.41) is 3.48. The van der Waals surface area contributed by atoms with E-state index in [2.05, 4.69) is 17.2 Å². The summed E-state index contributed by atoms with van der Waals surface area (Å²) >= 11 is 1.36. The number of halogens is 1. The standard InChI is InChI=1S/C24H25FN4O2S/c1-2-3-14-26-21(30)13-12-20-23(31)28-22-17-9-5-7-11-19(17)27-24(29(20)22)32-15-16-8-4-6-10-18(16)25/h4-11,20H,2-3,12-15H2,1H3,(H,26,30). The number of fused-ring (bicyclic) bond motifs is 3. The normalized spacial score (nSPS) is 16.9. The van der Waals surface area contributed by atoms with E-state index in [-0.39, 0.29) is 24.1 Å². The van der Waals surface area contributed by atoms with Crippen molar-refractivity contribution < 1.29 is 14.0 Å². The fourth-order valence-electron chi connectivity index (χ4n) is 3.69. The molecule has 2 aliphatic rings. The highest BCUT2D eigenvalue weighted by Crippen LogP contribution is 2.36. The molecule has 2 amide bonds. The van der Waals surface area contributed by atoms with Crippen LogP contribution in [0.15, 0.2) is 58.5 Å². The zero-order valence-corrected chi connectivity index (χ0v) is 18.7. The molecule has 1 unspecified atom stereocenters. The lowest BCUT2D eigenvalue weighted by Crippen LogP contribution is -2.44. The van der Waals surface area contributed by atoms with Gasteiger partial charge in [-0.05, 0) is 36.6 Å². The predicted molar refractivity (Wildman–Crippen MR) is 126 cm³/mol. The number of rotatable bonds is 8. The van der Waals surface area contributed by atoms with E-state index >= 15 is 0 Å². The molecule has 0 bridgehead atoms. The number of carbonyl (C=O) groups excluding carboxylic acids is 2. The summed E-state index contributed by atoms with van der Waals surface area (Å²) in [5.74, 6) is 0.291. The van der Waals surface area contributed by atoms with Crippen molar-refractivity contribution in [3.05, 3.63) is 65.5 Å². The highest BCUT2D eigenvalue weighted by molar-refractivity contribution is 8.13. The van der Waals surface area contributed by atoms with Crippen LogP contribution in [0, 0.1) is 5.82 Å². The molecule has 2 heterocycles. The Labute approximate surface area is 191 Å². The van der Waals surface area contributed by atoms with Crippen LogP contribution in [0.2, 0.25) is 0 Å². The van der Waals surface area contributed by atoms with Gasteiger partial charge in [-0.2, -0.15) is 4.99 Å². The molecule has 4 rings (SSSR count). The van der Waals surface area contributed by atoms with Crippen LogP contribution in [0.3, 0.4) is 0 Å². The molecule has 0 saturated heterocycles. The van der Waals surface area contributed by atoms with Crippen molar-refractivity contribution in [2.24, 2.45) is 9.98 Å². The van der Waals surface area contributed by atoms with Crippen LogP contribution >= 0.6 is 11.8 Å². The lowest BCUT2D eigenvalue weighted by atomic mass is 10.1. The first-order valence-electron chi connectivity index (χ1n) is 10.8.